The van der Waals surface area contributed by atoms with Crippen molar-refractivity contribution in [2.45, 2.75) is 19.8 Å². The first kappa shape index (κ1) is 9.95. The van der Waals surface area contributed by atoms with Crippen LogP contribution in [-0.4, -0.2) is 11.1 Å². The Morgan fingerprint density at radius 2 is 2.36 bits per heavy atom. The summed E-state index contributed by atoms with van der Waals surface area (Å²) in [4.78, 5) is 10.3. The Hall–Kier alpha value is -1.05. The van der Waals surface area contributed by atoms with E-state index in [2.05, 4.69) is 6.58 Å². The number of rotatable bonds is 5. The number of allylic oxidation sites excluding steroid dienone is 3. The summed E-state index contributed by atoms with van der Waals surface area (Å²) in [7, 11) is 0. The van der Waals surface area contributed by atoms with Gasteiger partial charge in [0.05, 0.1) is 6.42 Å². The van der Waals surface area contributed by atoms with Crippen molar-refractivity contribution in [3.63, 3.8) is 0 Å². The van der Waals surface area contributed by atoms with Crippen LogP contribution in [0.4, 0.5) is 0 Å². The maximum Gasteiger partial charge on any atom is 0.304 e. The molecule has 2 heteroatoms. The smallest absolute Gasteiger partial charge is 0.304 e. The average Bonchev–Trinajstić information content (AvgIpc) is 1.97. The number of carbonyl (C=O) groups is 1. The molecule has 0 aromatic heterocycles. The molecule has 2 nitrogen and oxygen atoms in total. The monoisotopic (exact) mass is 154 g/mol. The minimum Gasteiger partial charge on any atom is -0.481 e. The van der Waals surface area contributed by atoms with E-state index in [1.807, 2.05) is 19.1 Å². The van der Waals surface area contributed by atoms with Crippen LogP contribution in [0.1, 0.15) is 19.8 Å². The number of hydrogen-bond donors (Lipinski definition) is 1. The maximum atomic E-state index is 10.3. The molecular weight excluding hydrogens is 140 g/mol. The van der Waals surface area contributed by atoms with Gasteiger partial charge in [-0.05, 0) is 6.42 Å². The predicted molar refractivity (Wildman–Crippen MR) is 45.4 cm³/mol. The molecule has 0 fully saturated rings. The molecule has 0 heterocycles. The van der Waals surface area contributed by atoms with Gasteiger partial charge in [0.2, 0.25) is 0 Å². The molecule has 1 unspecified atom stereocenters. The van der Waals surface area contributed by atoms with Gasteiger partial charge in [-0.1, -0.05) is 25.2 Å². The third kappa shape index (κ3) is 5.40. The molecule has 62 valence electrons. The Morgan fingerprint density at radius 3 is 2.73 bits per heavy atom. The molecule has 1 atom stereocenters. The zero-order valence-electron chi connectivity index (χ0n) is 6.79. The SMILES string of the molecule is C=CC(/C=C/CC)CC(=O)O. The van der Waals surface area contributed by atoms with Gasteiger partial charge in [0.25, 0.3) is 0 Å². The first-order chi connectivity index (χ1) is 5.20. The van der Waals surface area contributed by atoms with Crippen molar-refractivity contribution in [1.82, 2.24) is 0 Å². The summed E-state index contributed by atoms with van der Waals surface area (Å²) in [6, 6.07) is 0. The van der Waals surface area contributed by atoms with Crippen LogP contribution in [-0.2, 0) is 4.79 Å². The highest BCUT2D eigenvalue weighted by Crippen LogP contribution is 2.06. The molecule has 0 amide bonds. The van der Waals surface area contributed by atoms with Crippen molar-refractivity contribution in [3.8, 4) is 0 Å². The standard InChI is InChI=1S/C9H14O2/c1-3-5-6-8(4-2)7-9(10)11/h4-6,8H,2-3,7H2,1H3,(H,10,11)/b6-5+. The molecule has 11 heavy (non-hydrogen) atoms. The van der Waals surface area contributed by atoms with Crippen molar-refractivity contribution in [2.24, 2.45) is 5.92 Å². The van der Waals surface area contributed by atoms with Crippen LogP contribution in [0.3, 0.4) is 0 Å². The molecule has 0 aromatic rings. The summed E-state index contributed by atoms with van der Waals surface area (Å²) in [5.74, 6) is -0.803. The Morgan fingerprint density at radius 1 is 1.73 bits per heavy atom. The molecule has 0 aliphatic heterocycles. The molecule has 0 aliphatic carbocycles. The van der Waals surface area contributed by atoms with Crippen LogP contribution in [0.25, 0.3) is 0 Å². The zero-order valence-corrected chi connectivity index (χ0v) is 6.79. The van der Waals surface area contributed by atoms with Crippen molar-refractivity contribution < 1.29 is 9.90 Å². The highest BCUT2D eigenvalue weighted by Gasteiger charge is 2.04. The maximum absolute atomic E-state index is 10.3. The fraction of sp³-hybridized carbons (Fsp3) is 0.444. The molecule has 0 spiro atoms. The van der Waals surface area contributed by atoms with Crippen LogP contribution in [0.2, 0.25) is 0 Å². The lowest BCUT2D eigenvalue weighted by Crippen LogP contribution is -2.02. The third-order valence-corrected chi connectivity index (χ3v) is 1.33. The fourth-order valence-electron chi connectivity index (χ4n) is 0.742. The average molecular weight is 154 g/mol. The van der Waals surface area contributed by atoms with Crippen molar-refractivity contribution in [3.05, 3.63) is 24.8 Å². The highest BCUT2D eigenvalue weighted by atomic mass is 16.4. The van der Waals surface area contributed by atoms with Gasteiger partial charge in [-0.25, -0.2) is 0 Å². The zero-order chi connectivity index (χ0) is 8.69. The minimum absolute atomic E-state index is 0.0209. The lowest BCUT2D eigenvalue weighted by Gasteiger charge is -2.01. The highest BCUT2D eigenvalue weighted by molar-refractivity contribution is 5.67. The summed E-state index contributed by atoms with van der Waals surface area (Å²) in [5, 5.41) is 8.43. The van der Waals surface area contributed by atoms with Gasteiger partial charge >= 0.3 is 5.97 Å². The molecule has 0 rings (SSSR count). The van der Waals surface area contributed by atoms with Gasteiger partial charge in [0.15, 0.2) is 0 Å². The lowest BCUT2D eigenvalue weighted by molar-refractivity contribution is -0.137. The van der Waals surface area contributed by atoms with Gasteiger partial charge in [-0.3, -0.25) is 4.79 Å². The van der Waals surface area contributed by atoms with Crippen LogP contribution in [0.5, 0.6) is 0 Å². The quantitative estimate of drug-likeness (QED) is 0.616. The Balaban J connectivity index is 3.85. The van der Waals surface area contributed by atoms with Crippen LogP contribution in [0.15, 0.2) is 24.8 Å². The molecule has 0 aromatic carbocycles. The van der Waals surface area contributed by atoms with Crippen LogP contribution >= 0.6 is 0 Å². The van der Waals surface area contributed by atoms with E-state index in [1.54, 1.807) is 6.08 Å². The van der Waals surface area contributed by atoms with Crippen LogP contribution in [0, 0.1) is 5.92 Å². The number of hydrogen-bond acceptors (Lipinski definition) is 1. The van der Waals surface area contributed by atoms with Crippen molar-refractivity contribution in [1.29, 1.82) is 0 Å². The summed E-state index contributed by atoms with van der Waals surface area (Å²) >= 11 is 0. The molecular formula is C9H14O2. The van der Waals surface area contributed by atoms with Crippen molar-refractivity contribution in [2.75, 3.05) is 0 Å². The van der Waals surface area contributed by atoms with Gasteiger partial charge in [-0.2, -0.15) is 0 Å². The van der Waals surface area contributed by atoms with Crippen LogP contribution < -0.4 is 0 Å². The normalized spacial score (nSPS) is 13.2. The van der Waals surface area contributed by atoms with E-state index in [0.717, 1.165) is 6.42 Å². The van der Waals surface area contributed by atoms with E-state index in [0.29, 0.717) is 0 Å². The summed E-state index contributed by atoms with van der Waals surface area (Å²) in [5.41, 5.74) is 0. The van der Waals surface area contributed by atoms with Crippen molar-refractivity contribution >= 4 is 5.97 Å². The van der Waals surface area contributed by atoms with Gasteiger partial charge in [0, 0.05) is 5.92 Å². The summed E-state index contributed by atoms with van der Waals surface area (Å²) in [6.07, 6.45) is 6.56. The molecule has 1 N–H and O–H groups in total. The van der Waals surface area contributed by atoms with Gasteiger partial charge < -0.3 is 5.11 Å². The predicted octanol–water partition coefficient (Wildman–Crippen LogP) is 2.23. The summed E-state index contributed by atoms with van der Waals surface area (Å²) in [6.45, 7) is 5.56. The molecule has 0 saturated heterocycles. The largest absolute Gasteiger partial charge is 0.481 e. The minimum atomic E-state index is -0.782. The van der Waals surface area contributed by atoms with E-state index in [9.17, 15) is 4.79 Å². The first-order valence-corrected chi connectivity index (χ1v) is 3.71. The van der Waals surface area contributed by atoms with E-state index in [4.69, 9.17) is 5.11 Å². The molecule has 0 radical (unpaired) electrons. The fourth-order valence-corrected chi connectivity index (χ4v) is 0.742. The number of aliphatic carboxylic acids is 1. The molecule has 0 bridgehead atoms. The second-order valence-corrected chi connectivity index (χ2v) is 2.33. The topological polar surface area (TPSA) is 37.3 Å². The molecule has 0 saturated carbocycles. The summed E-state index contributed by atoms with van der Waals surface area (Å²) < 4.78 is 0. The first-order valence-electron chi connectivity index (χ1n) is 3.71. The Bertz CT molecular complexity index is 159. The van der Waals surface area contributed by atoms with E-state index < -0.39 is 5.97 Å². The van der Waals surface area contributed by atoms with Gasteiger partial charge in [-0.15, -0.1) is 6.58 Å². The second kappa shape index (κ2) is 5.71. The molecule has 0 aliphatic rings. The second-order valence-electron chi connectivity index (χ2n) is 2.33. The number of carboxylic acids is 1. The van der Waals surface area contributed by atoms with E-state index in [-0.39, 0.29) is 12.3 Å². The Kier molecular flexibility index (Phi) is 5.17. The van der Waals surface area contributed by atoms with Gasteiger partial charge in [0.1, 0.15) is 0 Å². The Labute approximate surface area is 67.2 Å². The number of carboxylic acid groups (broad SMARTS) is 1. The van der Waals surface area contributed by atoms with E-state index in [1.165, 1.54) is 0 Å². The third-order valence-electron chi connectivity index (χ3n) is 1.33. The van der Waals surface area contributed by atoms with E-state index >= 15 is 0 Å². The lowest BCUT2D eigenvalue weighted by atomic mass is 10.1.